The largest absolute Gasteiger partial charge is 0.351 e. The van der Waals surface area contributed by atoms with Gasteiger partial charge in [-0.05, 0) is 44.2 Å². The highest BCUT2D eigenvalue weighted by Crippen LogP contribution is 2.24. The van der Waals surface area contributed by atoms with E-state index in [0.29, 0.717) is 22.2 Å². The maximum Gasteiger partial charge on any atom is 0.272 e. The lowest BCUT2D eigenvalue weighted by Gasteiger charge is -2.20. The van der Waals surface area contributed by atoms with E-state index in [4.69, 9.17) is 0 Å². The smallest absolute Gasteiger partial charge is 0.272 e. The summed E-state index contributed by atoms with van der Waals surface area (Å²) in [6, 6.07) is 12.0. The lowest BCUT2D eigenvalue weighted by atomic mass is 10.1. The van der Waals surface area contributed by atoms with Crippen LogP contribution < -0.4 is 10.9 Å². The number of benzene rings is 1. The summed E-state index contributed by atoms with van der Waals surface area (Å²) in [5.41, 5.74) is 1.59. The summed E-state index contributed by atoms with van der Waals surface area (Å²) in [6.07, 6.45) is 0.719. The number of fused-ring (bicyclic) bond motifs is 3. The molecule has 1 aromatic carbocycles. The minimum atomic E-state index is -0.289. The van der Waals surface area contributed by atoms with E-state index in [-0.39, 0.29) is 22.8 Å². The van der Waals surface area contributed by atoms with Crippen LogP contribution in [0.1, 0.15) is 26.3 Å². The van der Waals surface area contributed by atoms with Gasteiger partial charge in [-0.2, -0.15) is 0 Å². The van der Waals surface area contributed by atoms with Gasteiger partial charge in [0.15, 0.2) is 5.16 Å². The Labute approximate surface area is 182 Å². The number of nitrogens with zero attached hydrogens (tertiary/aromatic N) is 4. The van der Waals surface area contributed by atoms with Crippen molar-refractivity contribution in [1.29, 1.82) is 0 Å². The molecule has 156 valence electrons. The summed E-state index contributed by atoms with van der Waals surface area (Å²) in [5, 5.41) is 14.0. The van der Waals surface area contributed by atoms with Crippen molar-refractivity contribution in [3.63, 3.8) is 0 Å². The fraction of sp³-hybridized carbons (Fsp3) is 0.333. The normalized spacial score (nSPS) is 12.0. The SMILES string of the molecule is CC(C)(C)NC(=O)CSc1nnc2n(CCc3ccccc3)c(=O)c3sccc3n12. The molecule has 0 aliphatic carbocycles. The number of thioether (sulfide) groups is 1. The third-order valence-corrected chi connectivity index (χ3v) is 6.32. The summed E-state index contributed by atoms with van der Waals surface area (Å²) in [5.74, 6) is 0.663. The Morgan fingerprint density at radius 1 is 1.17 bits per heavy atom. The van der Waals surface area contributed by atoms with Crippen LogP contribution in [-0.2, 0) is 17.8 Å². The van der Waals surface area contributed by atoms with Crippen molar-refractivity contribution in [2.45, 2.75) is 44.4 Å². The average molecular weight is 442 g/mol. The van der Waals surface area contributed by atoms with E-state index >= 15 is 0 Å². The van der Waals surface area contributed by atoms with E-state index in [1.807, 2.05) is 67.0 Å². The number of rotatable bonds is 6. The second-order valence-electron chi connectivity index (χ2n) is 8.03. The lowest BCUT2D eigenvalue weighted by molar-refractivity contribution is -0.119. The molecular weight excluding hydrogens is 418 g/mol. The molecule has 3 heterocycles. The second-order valence-corrected chi connectivity index (χ2v) is 9.89. The topological polar surface area (TPSA) is 81.3 Å². The molecule has 0 bridgehead atoms. The van der Waals surface area contributed by atoms with E-state index in [2.05, 4.69) is 15.5 Å². The Morgan fingerprint density at radius 2 is 1.93 bits per heavy atom. The maximum atomic E-state index is 13.1. The van der Waals surface area contributed by atoms with Crippen molar-refractivity contribution < 1.29 is 4.79 Å². The lowest BCUT2D eigenvalue weighted by Crippen LogP contribution is -2.41. The monoisotopic (exact) mass is 441 g/mol. The van der Waals surface area contributed by atoms with Crippen LogP contribution >= 0.6 is 23.1 Å². The highest BCUT2D eigenvalue weighted by molar-refractivity contribution is 7.99. The summed E-state index contributed by atoms with van der Waals surface area (Å²) in [4.78, 5) is 25.3. The molecule has 0 unspecified atom stereocenters. The highest BCUT2D eigenvalue weighted by Gasteiger charge is 2.19. The molecule has 0 aliphatic rings. The van der Waals surface area contributed by atoms with Crippen LogP contribution in [0.15, 0.2) is 51.7 Å². The number of aromatic nitrogens is 4. The predicted molar refractivity (Wildman–Crippen MR) is 121 cm³/mol. The molecule has 4 aromatic rings. The van der Waals surface area contributed by atoms with Crippen molar-refractivity contribution in [1.82, 2.24) is 24.5 Å². The zero-order valence-electron chi connectivity index (χ0n) is 17.1. The van der Waals surface area contributed by atoms with Crippen molar-refractivity contribution in [3.05, 3.63) is 57.7 Å². The van der Waals surface area contributed by atoms with Crippen LogP contribution in [0, 0.1) is 0 Å². The number of hydrogen-bond donors (Lipinski definition) is 1. The summed E-state index contributed by atoms with van der Waals surface area (Å²) in [7, 11) is 0. The molecule has 3 aromatic heterocycles. The van der Waals surface area contributed by atoms with Crippen LogP contribution in [-0.4, -0.2) is 36.4 Å². The minimum Gasteiger partial charge on any atom is -0.351 e. The van der Waals surface area contributed by atoms with E-state index in [1.54, 1.807) is 4.57 Å². The van der Waals surface area contributed by atoms with E-state index < -0.39 is 0 Å². The standard InChI is InChI=1S/C21H23N5O2S2/c1-21(2,3)22-16(27)13-30-20-24-23-19-25(11-9-14-7-5-4-6-8-14)18(28)17-15(26(19)20)10-12-29-17/h4-8,10,12H,9,11,13H2,1-3H3,(H,22,27). The second kappa shape index (κ2) is 8.23. The number of amides is 1. The first kappa shape index (κ1) is 20.6. The van der Waals surface area contributed by atoms with Crippen LogP contribution in [0.4, 0.5) is 0 Å². The summed E-state index contributed by atoms with van der Waals surface area (Å²) in [6.45, 7) is 6.35. The molecule has 0 atom stereocenters. The molecule has 0 spiro atoms. The van der Waals surface area contributed by atoms with Gasteiger partial charge in [0.05, 0.1) is 11.3 Å². The Hall–Kier alpha value is -2.65. The van der Waals surface area contributed by atoms with Crippen molar-refractivity contribution in [2.75, 3.05) is 5.75 Å². The van der Waals surface area contributed by atoms with Gasteiger partial charge in [-0.25, -0.2) is 0 Å². The number of hydrogen-bond acceptors (Lipinski definition) is 6. The zero-order chi connectivity index (χ0) is 21.3. The predicted octanol–water partition coefficient (Wildman–Crippen LogP) is 3.36. The Kier molecular flexibility index (Phi) is 5.66. The van der Waals surface area contributed by atoms with Crippen LogP contribution in [0.2, 0.25) is 0 Å². The molecule has 1 amide bonds. The van der Waals surface area contributed by atoms with Crippen LogP contribution in [0.3, 0.4) is 0 Å². The molecule has 4 rings (SSSR count). The Balaban J connectivity index is 1.68. The van der Waals surface area contributed by atoms with Gasteiger partial charge in [0, 0.05) is 12.1 Å². The number of nitrogens with one attached hydrogen (secondary N) is 1. The fourth-order valence-electron chi connectivity index (χ4n) is 3.26. The maximum absolute atomic E-state index is 13.1. The molecule has 9 heteroatoms. The summed E-state index contributed by atoms with van der Waals surface area (Å²) >= 11 is 2.73. The van der Waals surface area contributed by atoms with Crippen molar-refractivity contribution >= 4 is 45.0 Å². The minimum absolute atomic E-state index is 0.0575. The van der Waals surface area contributed by atoms with Crippen LogP contribution in [0.25, 0.3) is 16.0 Å². The molecule has 1 N–H and O–H groups in total. The molecule has 0 fully saturated rings. The number of carbonyl (C=O) groups excluding carboxylic acids is 1. The van der Waals surface area contributed by atoms with Gasteiger partial charge < -0.3 is 5.32 Å². The molecule has 7 nitrogen and oxygen atoms in total. The Morgan fingerprint density at radius 3 is 2.67 bits per heavy atom. The van der Waals surface area contributed by atoms with E-state index in [0.717, 1.165) is 17.5 Å². The first-order valence-electron chi connectivity index (χ1n) is 9.66. The van der Waals surface area contributed by atoms with Gasteiger partial charge in [0.2, 0.25) is 11.7 Å². The third-order valence-electron chi connectivity index (χ3n) is 4.50. The third kappa shape index (κ3) is 4.27. The molecule has 0 radical (unpaired) electrons. The van der Waals surface area contributed by atoms with Gasteiger partial charge in [-0.15, -0.1) is 21.5 Å². The first-order valence-corrected chi connectivity index (χ1v) is 11.5. The van der Waals surface area contributed by atoms with Crippen molar-refractivity contribution in [2.24, 2.45) is 0 Å². The van der Waals surface area contributed by atoms with Crippen molar-refractivity contribution in [3.8, 4) is 0 Å². The van der Waals surface area contributed by atoms with E-state index in [9.17, 15) is 9.59 Å². The molecule has 0 aliphatic heterocycles. The fourth-order valence-corrected chi connectivity index (χ4v) is 4.83. The van der Waals surface area contributed by atoms with Crippen LogP contribution in [0.5, 0.6) is 0 Å². The quantitative estimate of drug-likeness (QED) is 0.464. The van der Waals surface area contributed by atoms with Gasteiger partial charge in [-0.1, -0.05) is 42.1 Å². The summed E-state index contributed by atoms with van der Waals surface area (Å²) < 4.78 is 4.22. The zero-order valence-corrected chi connectivity index (χ0v) is 18.7. The van der Waals surface area contributed by atoms with Gasteiger partial charge in [0.25, 0.3) is 5.56 Å². The molecule has 0 saturated carbocycles. The highest BCUT2D eigenvalue weighted by atomic mass is 32.2. The number of thiophene rings is 1. The van der Waals surface area contributed by atoms with Gasteiger partial charge >= 0.3 is 0 Å². The van der Waals surface area contributed by atoms with Gasteiger partial charge in [-0.3, -0.25) is 18.6 Å². The number of carbonyl (C=O) groups is 1. The Bertz CT molecular complexity index is 1250. The van der Waals surface area contributed by atoms with E-state index in [1.165, 1.54) is 23.1 Å². The number of aryl methyl sites for hydroxylation is 2. The van der Waals surface area contributed by atoms with Gasteiger partial charge in [0.1, 0.15) is 4.70 Å². The average Bonchev–Trinajstić information content (AvgIpc) is 3.33. The molecule has 0 saturated heterocycles. The molecule has 30 heavy (non-hydrogen) atoms. The first-order chi connectivity index (χ1) is 14.3. The molecular formula is C21H23N5O2S2.